The van der Waals surface area contributed by atoms with Crippen LogP contribution in [0.1, 0.15) is 25.7 Å². The molecule has 114 valence electrons. The number of nitrogen functional groups attached to an aromatic ring is 1. The zero-order valence-electron chi connectivity index (χ0n) is 11.8. The van der Waals surface area contributed by atoms with Crippen LogP contribution in [0.25, 0.3) is 0 Å². The first-order valence-electron chi connectivity index (χ1n) is 7.30. The van der Waals surface area contributed by atoms with Gasteiger partial charge in [-0.3, -0.25) is 10.1 Å². The molecule has 1 aromatic rings. The molecule has 1 aromatic heterocycles. The molecule has 21 heavy (non-hydrogen) atoms. The highest BCUT2D eigenvalue weighted by atomic mass is 16.6. The van der Waals surface area contributed by atoms with Crippen molar-refractivity contribution < 1.29 is 4.92 Å². The highest BCUT2D eigenvalue weighted by Crippen LogP contribution is 2.30. The fraction of sp³-hybridized carbons (Fsp3) is 0.615. The van der Waals surface area contributed by atoms with E-state index in [0.29, 0.717) is 17.7 Å². The SMILES string of the molecule is NNc1ccc([N+](=O)[O-])c(NC2CCN3CCCC3C2)n1. The number of rotatable bonds is 4. The van der Waals surface area contributed by atoms with Crippen molar-refractivity contribution in [3.05, 3.63) is 22.2 Å². The van der Waals surface area contributed by atoms with Crippen molar-refractivity contribution in [3.8, 4) is 0 Å². The fourth-order valence-electron chi connectivity index (χ4n) is 3.33. The second-order valence-electron chi connectivity index (χ2n) is 5.66. The summed E-state index contributed by atoms with van der Waals surface area (Å²) in [6.45, 7) is 2.23. The first kappa shape index (κ1) is 14.0. The van der Waals surface area contributed by atoms with E-state index in [0.717, 1.165) is 19.4 Å². The first-order chi connectivity index (χ1) is 10.2. The molecular weight excluding hydrogens is 272 g/mol. The largest absolute Gasteiger partial charge is 0.361 e. The quantitative estimate of drug-likeness (QED) is 0.436. The van der Waals surface area contributed by atoms with Crippen LogP contribution in [0, 0.1) is 10.1 Å². The zero-order chi connectivity index (χ0) is 14.8. The molecule has 2 aliphatic heterocycles. The van der Waals surface area contributed by atoms with Gasteiger partial charge in [-0.15, -0.1) is 0 Å². The number of piperidine rings is 1. The molecule has 0 amide bonds. The van der Waals surface area contributed by atoms with Crippen LogP contribution in [0.4, 0.5) is 17.3 Å². The third-order valence-electron chi connectivity index (χ3n) is 4.38. The molecule has 0 radical (unpaired) electrons. The van der Waals surface area contributed by atoms with Crippen LogP contribution in [-0.2, 0) is 0 Å². The minimum Gasteiger partial charge on any atom is -0.361 e. The lowest BCUT2D eigenvalue weighted by Gasteiger charge is -2.35. The molecule has 2 atom stereocenters. The van der Waals surface area contributed by atoms with Crippen molar-refractivity contribution in [2.24, 2.45) is 5.84 Å². The lowest BCUT2D eigenvalue weighted by molar-refractivity contribution is -0.384. The van der Waals surface area contributed by atoms with Gasteiger partial charge in [-0.1, -0.05) is 0 Å². The Morgan fingerprint density at radius 2 is 2.24 bits per heavy atom. The molecule has 0 spiro atoms. The second kappa shape index (κ2) is 5.82. The molecule has 0 saturated carbocycles. The number of pyridine rings is 1. The summed E-state index contributed by atoms with van der Waals surface area (Å²) in [6, 6.07) is 3.76. The highest BCUT2D eigenvalue weighted by Gasteiger charge is 2.32. The summed E-state index contributed by atoms with van der Waals surface area (Å²) in [4.78, 5) is 17.4. The van der Waals surface area contributed by atoms with E-state index in [2.05, 4.69) is 20.6 Å². The van der Waals surface area contributed by atoms with Crippen LogP contribution < -0.4 is 16.6 Å². The number of fused-ring (bicyclic) bond motifs is 1. The molecule has 2 aliphatic rings. The summed E-state index contributed by atoms with van der Waals surface area (Å²) in [5.41, 5.74) is 2.41. The van der Waals surface area contributed by atoms with E-state index in [1.54, 1.807) is 0 Å². The minimum absolute atomic E-state index is 0.0112. The number of aromatic nitrogens is 1. The number of hydrazine groups is 1. The topological polar surface area (TPSA) is 109 Å². The average molecular weight is 292 g/mol. The van der Waals surface area contributed by atoms with Gasteiger partial charge in [-0.2, -0.15) is 0 Å². The molecule has 2 unspecified atom stereocenters. The molecule has 0 aromatic carbocycles. The van der Waals surface area contributed by atoms with Crippen LogP contribution in [0.5, 0.6) is 0 Å². The first-order valence-corrected chi connectivity index (χ1v) is 7.30. The number of anilines is 2. The number of nitrogens with one attached hydrogen (secondary N) is 2. The summed E-state index contributed by atoms with van der Waals surface area (Å²) in [5.74, 6) is 6.05. The molecule has 2 saturated heterocycles. The van der Waals surface area contributed by atoms with E-state index in [1.807, 2.05) is 0 Å². The Labute approximate surface area is 122 Å². The Morgan fingerprint density at radius 1 is 1.38 bits per heavy atom. The van der Waals surface area contributed by atoms with Crippen LogP contribution in [0.3, 0.4) is 0 Å². The lowest BCUT2D eigenvalue weighted by Crippen LogP contribution is -2.42. The van der Waals surface area contributed by atoms with Gasteiger partial charge in [0.15, 0.2) is 0 Å². The van der Waals surface area contributed by atoms with Gasteiger partial charge in [0.05, 0.1) is 4.92 Å². The van der Waals surface area contributed by atoms with Crippen LogP contribution >= 0.6 is 0 Å². The summed E-state index contributed by atoms with van der Waals surface area (Å²) in [6.07, 6.45) is 4.47. The van der Waals surface area contributed by atoms with E-state index >= 15 is 0 Å². The third kappa shape index (κ3) is 2.91. The predicted octanol–water partition coefficient (Wildman–Crippen LogP) is 1.31. The van der Waals surface area contributed by atoms with E-state index in [1.165, 1.54) is 31.5 Å². The van der Waals surface area contributed by atoms with E-state index in [9.17, 15) is 10.1 Å². The monoisotopic (exact) mass is 292 g/mol. The number of hydrogen-bond donors (Lipinski definition) is 3. The van der Waals surface area contributed by atoms with Crippen molar-refractivity contribution in [3.63, 3.8) is 0 Å². The maximum absolute atomic E-state index is 11.1. The summed E-state index contributed by atoms with van der Waals surface area (Å²) < 4.78 is 0. The number of nitrogens with two attached hydrogens (primary N) is 1. The molecule has 3 rings (SSSR count). The Kier molecular flexibility index (Phi) is 3.89. The van der Waals surface area contributed by atoms with Crippen LogP contribution in [-0.4, -0.2) is 40.0 Å². The maximum atomic E-state index is 11.1. The third-order valence-corrected chi connectivity index (χ3v) is 4.38. The molecule has 0 bridgehead atoms. The fourth-order valence-corrected chi connectivity index (χ4v) is 3.33. The van der Waals surface area contributed by atoms with Crippen molar-refractivity contribution in [1.29, 1.82) is 0 Å². The normalized spacial score (nSPS) is 25.4. The van der Waals surface area contributed by atoms with Crippen molar-refractivity contribution in [2.75, 3.05) is 23.8 Å². The van der Waals surface area contributed by atoms with Gasteiger partial charge >= 0.3 is 5.69 Å². The standard InChI is InChI=1S/C13H20N6O2/c14-17-12-4-3-11(19(20)21)13(16-12)15-9-5-7-18-6-1-2-10(18)8-9/h3-4,9-10H,1-2,5-8,14H2,(H2,15,16,17). The summed E-state index contributed by atoms with van der Waals surface area (Å²) in [7, 11) is 0. The van der Waals surface area contributed by atoms with Crippen LogP contribution in [0.2, 0.25) is 0 Å². The van der Waals surface area contributed by atoms with Crippen molar-refractivity contribution >= 4 is 17.3 Å². The zero-order valence-corrected chi connectivity index (χ0v) is 11.8. The Balaban J connectivity index is 1.75. The van der Waals surface area contributed by atoms with Crippen molar-refractivity contribution in [1.82, 2.24) is 9.88 Å². The molecule has 4 N–H and O–H groups in total. The van der Waals surface area contributed by atoms with Gasteiger partial charge < -0.3 is 15.6 Å². The van der Waals surface area contributed by atoms with Gasteiger partial charge in [0.25, 0.3) is 0 Å². The lowest BCUT2D eigenvalue weighted by atomic mass is 9.97. The maximum Gasteiger partial charge on any atom is 0.311 e. The number of nitro groups is 1. The van der Waals surface area contributed by atoms with Gasteiger partial charge in [0.1, 0.15) is 5.82 Å². The van der Waals surface area contributed by atoms with Crippen LogP contribution in [0.15, 0.2) is 12.1 Å². The molecule has 0 aliphatic carbocycles. The van der Waals surface area contributed by atoms with Gasteiger partial charge in [0, 0.05) is 24.7 Å². The second-order valence-corrected chi connectivity index (χ2v) is 5.66. The molecule has 8 nitrogen and oxygen atoms in total. The van der Waals surface area contributed by atoms with Gasteiger partial charge in [0.2, 0.25) is 5.82 Å². The average Bonchev–Trinajstić information content (AvgIpc) is 2.94. The Bertz CT molecular complexity index is 537. The van der Waals surface area contributed by atoms with Crippen molar-refractivity contribution in [2.45, 2.75) is 37.8 Å². The Morgan fingerprint density at radius 3 is 3.00 bits per heavy atom. The van der Waals surface area contributed by atoms with E-state index in [4.69, 9.17) is 5.84 Å². The predicted molar refractivity (Wildman–Crippen MR) is 79.9 cm³/mol. The van der Waals surface area contributed by atoms with E-state index in [-0.39, 0.29) is 11.7 Å². The summed E-state index contributed by atoms with van der Waals surface area (Å²) in [5, 5.41) is 14.4. The Hall–Kier alpha value is -1.93. The summed E-state index contributed by atoms with van der Waals surface area (Å²) >= 11 is 0. The molecule has 3 heterocycles. The number of nitrogens with zero attached hydrogens (tertiary/aromatic N) is 3. The minimum atomic E-state index is -0.416. The van der Waals surface area contributed by atoms with E-state index < -0.39 is 4.92 Å². The number of hydrogen-bond acceptors (Lipinski definition) is 7. The molecule has 8 heteroatoms. The molecular formula is C13H20N6O2. The smallest absolute Gasteiger partial charge is 0.311 e. The highest BCUT2D eigenvalue weighted by molar-refractivity contribution is 5.60. The van der Waals surface area contributed by atoms with Gasteiger partial charge in [-0.05, 0) is 38.3 Å². The van der Waals surface area contributed by atoms with Gasteiger partial charge in [-0.25, -0.2) is 10.8 Å². The molecule has 2 fully saturated rings.